The Labute approximate surface area is 104 Å². The Balaban J connectivity index is 2.31. The molecule has 17 heavy (non-hydrogen) atoms. The number of anilines is 3. The number of aromatic nitrogens is 2. The monoisotopic (exact) mass is 300 g/mol. The molecule has 0 aliphatic heterocycles. The number of nitrogens with one attached hydrogen (secondary N) is 1. The molecule has 0 fully saturated rings. The summed E-state index contributed by atoms with van der Waals surface area (Å²) in [6.45, 7) is 0. The first kappa shape index (κ1) is 11.7. The summed E-state index contributed by atoms with van der Waals surface area (Å²) >= 11 is 3.14. The lowest BCUT2D eigenvalue weighted by atomic mass is 10.3. The van der Waals surface area contributed by atoms with E-state index in [4.69, 9.17) is 5.73 Å². The van der Waals surface area contributed by atoms with E-state index in [2.05, 4.69) is 31.2 Å². The smallest absolute Gasteiger partial charge is 0.230 e. The van der Waals surface area contributed by atoms with Crippen molar-refractivity contribution in [3.05, 3.63) is 40.5 Å². The van der Waals surface area contributed by atoms with Gasteiger partial charge in [0.15, 0.2) is 0 Å². The second kappa shape index (κ2) is 4.62. The van der Waals surface area contributed by atoms with E-state index in [1.807, 2.05) is 0 Å². The molecule has 3 N–H and O–H groups in total. The van der Waals surface area contributed by atoms with Gasteiger partial charge in [0.2, 0.25) is 5.95 Å². The van der Waals surface area contributed by atoms with E-state index in [9.17, 15) is 8.78 Å². The fraction of sp³-hybridized carbons (Fsp3) is 0. The van der Waals surface area contributed by atoms with E-state index < -0.39 is 11.6 Å². The molecule has 2 rings (SSSR count). The summed E-state index contributed by atoms with van der Waals surface area (Å²) in [7, 11) is 0. The first-order valence-corrected chi connectivity index (χ1v) is 5.35. The van der Waals surface area contributed by atoms with Crippen molar-refractivity contribution in [2.45, 2.75) is 0 Å². The number of nitrogen functional groups attached to an aromatic ring is 1. The van der Waals surface area contributed by atoms with E-state index in [1.54, 1.807) is 0 Å². The molecule has 88 valence electrons. The van der Waals surface area contributed by atoms with Crippen molar-refractivity contribution in [3.63, 3.8) is 0 Å². The van der Waals surface area contributed by atoms with Gasteiger partial charge in [-0.1, -0.05) is 0 Å². The lowest BCUT2D eigenvalue weighted by Crippen LogP contribution is -2.01. The Morgan fingerprint density at radius 3 is 2.29 bits per heavy atom. The van der Waals surface area contributed by atoms with Crippen molar-refractivity contribution in [2.75, 3.05) is 11.1 Å². The quantitative estimate of drug-likeness (QED) is 0.837. The first-order chi connectivity index (χ1) is 8.02. The van der Waals surface area contributed by atoms with E-state index in [1.165, 1.54) is 6.07 Å². The summed E-state index contributed by atoms with van der Waals surface area (Å²) in [5.74, 6) is -0.973. The van der Waals surface area contributed by atoms with Crippen LogP contribution in [-0.4, -0.2) is 9.97 Å². The number of hydrogen-bond donors (Lipinski definition) is 2. The van der Waals surface area contributed by atoms with Gasteiger partial charge in [0, 0.05) is 17.8 Å². The van der Waals surface area contributed by atoms with Gasteiger partial charge in [-0.05, 0) is 28.1 Å². The van der Waals surface area contributed by atoms with Crippen molar-refractivity contribution in [3.8, 4) is 0 Å². The summed E-state index contributed by atoms with van der Waals surface area (Å²) in [5, 5.41) is 2.66. The van der Waals surface area contributed by atoms with Crippen molar-refractivity contribution in [1.29, 1.82) is 0 Å². The zero-order valence-electron chi connectivity index (χ0n) is 8.42. The molecule has 1 aromatic carbocycles. The fourth-order valence-electron chi connectivity index (χ4n) is 1.25. The first-order valence-electron chi connectivity index (χ1n) is 4.56. The number of hydrogen-bond acceptors (Lipinski definition) is 4. The molecule has 1 aromatic heterocycles. The molecule has 0 amide bonds. The number of benzene rings is 1. The Bertz CT molecular complexity index is 472. The molecule has 0 unspecified atom stereocenters. The summed E-state index contributed by atoms with van der Waals surface area (Å²) in [6.07, 6.45) is 0. The minimum Gasteiger partial charge on any atom is -0.383 e. The summed E-state index contributed by atoms with van der Waals surface area (Å²) in [4.78, 5) is 7.83. The Hall–Kier alpha value is -1.76. The van der Waals surface area contributed by atoms with Crippen LogP contribution in [0.1, 0.15) is 0 Å². The number of nitrogens with zero attached hydrogens (tertiary/aromatic N) is 2. The van der Waals surface area contributed by atoms with E-state index in [-0.39, 0.29) is 17.5 Å². The number of nitrogens with two attached hydrogens (primary N) is 1. The van der Waals surface area contributed by atoms with Crippen molar-refractivity contribution >= 4 is 33.4 Å². The predicted octanol–water partition coefficient (Wildman–Crippen LogP) is 2.84. The lowest BCUT2D eigenvalue weighted by Gasteiger charge is -2.06. The molecule has 7 heteroatoms. The molecule has 0 aliphatic rings. The van der Waals surface area contributed by atoms with Gasteiger partial charge in [-0.25, -0.2) is 13.8 Å². The lowest BCUT2D eigenvalue weighted by molar-refractivity contribution is 0.584. The summed E-state index contributed by atoms with van der Waals surface area (Å²) < 4.78 is 26.3. The molecule has 4 nitrogen and oxygen atoms in total. The Morgan fingerprint density at radius 2 is 1.71 bits per heavy atom. The van der Waals surface area contributed by atoms with Gasteiger partial charge >= 0.3 is 0 Å². The van der Waals surface area contributed by atoms with Crippen LogP contribution in [0, 0.1) is 11.6 Å². The average molecular weight is 301 g/mol. The molecule has 0 bridgehead atoms. The Kier molecular flexibility index (Phi) is 3.19. The molecule has 0 atom stereocenters. The molecule has 0 spiro atoms. The zero-order chi connectivity index (χ0) is 12.4. The highest BCUT2D eigenvalue weighted by molar-refractivity contribution is 9.10. The Morgan fingerprint density at radius 1 is 1.06 bits per heavy atom. The number of halogens is 3. The third-order valence-corrected chi connectivity index (χ3v) is 2.24. The second-order valence-corrected chi connectivity index (χ2v) is 4.03. The van der Waals surface area contributed by atoms with E-state index in [0.29, 0.717) is 4.60 Å². The average Bonchev–Trinajstić information content (AvgIpc) is 2.13. The van der Waals surface area contributed by atoms with Crippen LogP contribution in [0.15, 0.2) is 28.9 Å². The normalized spacial score (nSPS) is 10.3. The van der Waals surface area contributed by atoms with Crippen molar-refractivity contribution in [1.82, 2.24) is 9.97 Å². The van der Waals surface area contributed by atoms with Gasteiger partial charge < -0.3 is 11.1 Å². The summed E-state index contributed by atoms with van der Waals surface area (Å²) in [6, 6.07) is 4.55. The fourth-order valence-corrected chi connectivity index (χ4v) is 1.65. The second-order valence-electron chi connectivity index (χ2n) is 3.22. The topological polar surface area (TPSA) is 63.8 Å². The molecular weight excluding hydrogens is 294 g/mol. The molecule has 1 heterocycles. The van der Waals surface area contributed by atoms with E-state index in [0.717, 1.165) is 18.2 Å². The predicted molar refractivity (Wildman–Crippen MR) is 63.8 cm³/mol. The molecule has 2 aromatic rings. The maximum absolute atomic E-state index is 12.9. The molecule has 0 radical (unpaired) electrons. The van der Waals surface area contributed by atoms with Crippen LogP contribution in [0.25, 0.3) is 0 Å². The highest BCUT2D eigenvalue weighted by atomic mass is 79.9. The minimum atomic E-state index is -0.685. The maximum atomic E-state index is 12.9. The zero-order valence-corrected chi connectivity index (χ0v) is 10.0. The van der Waals surface area contributed by atoms with Gasteiger partial charge in [0.25, 0.3) is 0 Å². The molecular formula is C10H7BrF2N4. The summed E-state index contributed by atoms with van der Waals surface area (Å²) in [5.41, 5.74) is 5.71. The standard InChI is InChI=1S/C10H7BrF2N4/c11-8-4-9(14)17-10(16-8)15-7-2-5(12)1-6(13)3-7/h1-4H,(H3,14,15,16,17). The minimum absolute atomic E-state index is 0.155. The van der Waals surface area contributed by atoms with E-state index >= 15 is 0 Å². The number of rotatable bonds is 2. The molecule has 0 saturated carbocycles. The van der Waals surface area contributed by atoms with Gasteiger partial charge in [-0.2, -0.15) is 4.98 Å². The van der Waals surface area contributed by atoms with Gasteiger partial charge in [0.05, 0.1) is 0 Å². The van der Waals surface area contributed by atoms with Crippen molar-refractivity contribution in [2.24, 2.45) is 0 Å². The van der Waals surface area contributed by atoms with Crippen LogP contribution in [0.2, 0.25) is 0 Å². The van der Waals surface area contributed by atoms with Crippen LogP contribution < -0.4 is 11.1 Å². The van der Waals surface area contributed by atoms with Crippen LogP contribution in [0.5, 0.6) is 0 Å². The van der Waals surface area contributed by atoms with Crippen LogP contribution in [0.3, 0.4) is 0 Å². The third-order valence-electron chi connectivity index (χ3n) is 1.83. The highest BCUT2D eigenvalue weighted by Crippen LogP contribution is 2.19. The maximum Gasteiger partial charge on any atom is 0.230 e. The van der Waals surface area contributed by atoms with Crippen LogP contribution in [0.4, 0.5) is 26.2 Å². The van der Waals surface area contributed by atoms with Crippen LogP contribution >= 0.6 is 15.9 Å². The highest BCUT2D eigenvalue weighted by Gasteiger charge is 2.04. The van der Waals surface area contributed by atoms with Gasteiger partial charge in [0.1, 0.15) is 22.1 Å². The van der Waals surface area contributed by atoms with Gasteiger partial charge in [-0.15, -0.1) is 0 Å². The largest absolute Gasteiger partial charge is 0.383 e. The molecule has 0 saturated heterocycles. The van der Waals surface area contributed by atoms with Crippen molar-refractivity contribution < 1.29 is 8.78 Å². The van der Waals surface area contributed by atoms with Crippen LogP contribution in [-0.2, 0) is 0 Å². The van der Waals surface area contributed by atoms with Gasteiger partial charge in [-0.3, -0.25) is 0 Å². The SMILES string of the molecule is Nc1cc(Br)nc(Nc2cc(F)cc(F)c2)n1. The molecule has 0 aliphatic carbocycles. The third kappa shape index (κ3) is 3.10.